The quantitative estimate of drug-likeness (QED) is 0.505. The smallest absolute Gasteiger partial charge is 0.315 e. The van der Waals surface area contributed by atoms with Gasteiger partial charge in [-0.3, -0.25) is 10.1 Å². The fourth-order valence-electron chi connectivity index (χ4n) is 1.60. The van der Waals surface area contributed by atoms with E-state index in [4.69, 9.17) is 28.9 Å². The number of hydrogen-bond acceptors (Lipinski definition) is 4. The largest absolute Gasteiger partial charge is 0.393 e. The van der Waals surface area contributed by atoms with E-state index in [1.54, 1.807) is 30.3 Å². The van der Waals surface area contributed by atoms with Crippen molar-refractivity contribution in [3.05, 3.63) is 56.6 Å². The molecule has 0 aromatic heterocycles. The molecule has 5 nitrogen and oxygen atoms in total. The maximum absolute atomic E-state index is 11.0. The van der Waals surface area contributed by atoms with Crippen LogP contribution in [0.25, 0.3) is 0 Å². The number of nitro benzene ring substituents is 1. The lowest BCUT2D eigenvalue weighted by Gasteiger charge is -2.10. The van der Waals surface area contributed by atoms with Crippen molar-refractivity contribution in [1.29, 1.82) is 0 Å². The number of hydrogen-bond donors (Lipinski definition) is 2. The lowest BCUT2D eigenvalue weighted by atomic mass is 10.2. The first kappa shape index (κ1) is 13.5. The third-order valence-corrected chi connectivity index (χ3v) is 3.01. The summed E-state index contributed by atoms with van der Waals surface area (Å²) in [6, 6.07) is 9.43. The second-order valence-electron chi connectivity index (χ2n) is 3.75. The first-order valence-corrected chi connectivity index (χ1v) is 5.99. The molecule has 98 valence electrons. The summed E-state index contributed by atoms with van der Waals surface area (Å²) in [6.45, 7) is 0. The predicted octanol–water partition coefficient (Wildman–Crippen LogP) is 4.23. The zero-order valence-electron chi connectivity index (χ0n) is 9.56. The molecule has 0 spiro atoms. The Balaban J connectivity index is 2.46. The molecule has 19 heavy (non-hydrogen) atoms. The summed E-state index contributed by atoms with van der Waals surface area (Å²) in [4.78, 5) is 10.5. The van der Waals surface area contributed by atoms with Crippen LogP contribution in [0, 0.1) is 10.1 Å². The Morgan fingerprint density at radius 1 is 1.16 bits per heavy atom. The van der Waals surface area contributed by atoms with E-state index in [1.807, 2.05) is 0 Å². The van der Waals surface area contributed by atoms with E-state index in [9.17, 15) is 10.1 Å². The van der Waals surface area contributed by atoms with Crippen LogP contribution in [-0.2, 0) is 0 Å². The van der Waals surface area contributed by atoms with Crippen molar-refractivity contribution in [3.63, 3.8) is 0 Å². The van der Waals surface area contributed by atoms with E-state index in [2.05, 4.69) is 5.32 Å². The number of nitrogens with one attached hydrogen (secondary N) is 1. The second kappa shape index (κ2) is 5.34. The standard InChI is InChI=1S/C12H9Cl2N3O2/c13-7-4-5-8(14)11(6-7)16-10-3-1-2-9(15)12(10)17(18)19/h1-6,16H,15H2. The van der Waals surface area contributed by atoms with E-state index in [0.29, 0.717) is 15.7 Å². The summed E-state index contributed by atoms with van der Waals surface area (Å²) in [5, 5.41) is 14.8. The third-order valence-electron chi connectivity index (χ3n) is 2.45. The van der Waals surface area contributed by atoms with E-state index >= 15 is 0 Å². The Kier molecular flexibility index (Phi) is 3.78. The molecule has 0 radical (unpaired) electrons. The van der Waals surface area contributed by atoms with Gasteiger partial charge in [-0.05, 0) is 30.3 Å². The molecule has 0 fully saturated rings. The molecular formula is C12H9Cl2N3O2. The molecule has 0 unspecified atom stereocenters. The average molecular weight is 298 g/mol. The van der Waals surface area contributed by atoms with Crippen LogP contribution in [0.2, 0.25) is 10.0 Å². The monoisotopic (exact) mass is 297 g/mol. The maximum atomic E-state index is 11.0. The van der Waals surface area contributed by atoms with Crippen molar-refractivity contribution < 1.29 is 4.92 Å². The van der Waals surface area contributed by atoms with Gasteiger partial charge in [0.1, 0.15) is 11.4 Å². The van der Waals surface area contributed by atoms with Crippen molar-refractivity contribution in [3.8, 4) is 0 Å². The van der Waals surface area contributed by atoms with Crippen LogP contribution >= 0.6 is 23.2 Å². The third kappa shape index (κ3) is 2.89. The van der Waals surface area contributed by atoms with Crippen molar-refractivity contribution in [2.45, 2.75) is 0 Å². The Bertz CT molecular complexity index is 647. The molecule has 0 heterocycles. The van der Waals surface area contributed by atoms with Gasteiger partial charge in [-0.15, -0.1) is 0 Å². The van der Waals surface area contributed by atoms with E-state index in [-0.39, 0.29) is 17.1 Å². The van der Waals surface area contributed by atoms with Gasteiger partial charge in [-0.1, -0.05) is 29.3 Å². The highest BCUT2D eigenvalue weighted by Crippen LogP contribution is 2.35. The molecule has 2 rings (SSSR count). The lowest BCUT2D eigenvalue weighted by Crippen LogP contribution is -2.01. The number of nitrogens with zero attached hydrogens (tertiary/aromatic N) is 1. The number of para-hydroxylation sites is 1. The van der Waals surface area contributed by atoms with Crippen LogP contribution in [0.1, 0.15) is 0 Å². The number of rotatable bonds is 3. The molecule has 0 amide bonds. The zero-order chi connectivity index (χ0) is 14.0. The van der Waals surface area contributed by atoms with Gasteiger partial charge < -0.3 is 11.1 Å². The lowest BCUT2D eigenvalue weighted by molar-refractivity contribution is -0.383. The van der Waals surface area contributed by atoms with Crippen molar-refractivity contribution in [2.75, 3.05) is 11.1 Å². The van der Waals surface area contributed by atoms with Crippen LogP contribution in [0.15, 0.2) is 36.4 Å². The highest BCUT2D eigenvalue weighted by Gasteiger charge is 2.18. The average Bonchev–Trinajstić information content (AvgIpc) is 2.33. The topological polar surface area (TPSA) is 81.2 Å². The minimum Gasteiger partial charge on any atom is -0.393 e. The maximum Gasteiger partial charge on any atom is 0.315 e. The van der Waals surface area contributed by atoms with E-state index < -0.39 is 4.92 Å². The molecule has 0 bridgehead atoms. The van der Waals surface area contributed by atoms with Gasteiger partial charge in [-0.25, -0.2) is 0 Å². The van der Waals surface area contributed by atoms with Gasteiger partial charge in [-0.2, -0.15) is 0 Å². The second-order valence-corrected chi connectivity index (χ2v) is 4.59. The van der Waals surface area contributed by atoms with Crippen molar-refractivity contribution >= 4 is 46.0 Å². The van der Waals surface area contributed by atoms with Gasteiger partial charge in [0, 0.05) is 5.02 Å². The Hall–Kier alpha value is -1.98. The molecule has 0 aliphatic heterocycles. The number of halogens is 2. The molecule has 2 aromatic carbocycles. The summed E-state index contributed by atoms with van der Waals surface area (Å²) in [7, 11) is 0. The fourth-order valence-corrected chi connectivity index (χ4v) is 1.94. The van der Waals surface area contributed by atoms with Crippen LogP contribution in [0.3, 0.4) is 0 Å². The fraction of sp³-hybridized carbons (Fsp3) is 0. The first-order chi connectivity index (χ1) is 8.99. The number of nitrogens with two attached hydrogens (primary N) is 1. The minimum atomic E-state index is -0.546. The molecule has 2 aromatic rings. The number of nitro groups is 1. The Labute approximate surface area is 119 Å². The van der Waals surface area contributed by atoms with Gasteiger partial charge in [0.15, 0.2) is 0 Å². The number of benzene rings is 2. The Morgan fingerprint density at radius 2 is 1.89 bits per heavy atom. The van der Waals surface area contributed by atoms with E-state index in [0.717, 1.165) is 0 Å². The molecular weight excluding hydrogens is 289 g/mol. The van der Waals surface area contributed by atoms with Gasteiger partial charge >= 0.3 is 5.69 Å². The van der Waals surface area contributed by atoms with Gasteiger partial charge in [0.25, 0.3) is 0 Å². The molecule has 0 aliphatic rings. The molecule has 0 aliphatic carbocycles. The predicted molar refractivity (Wildman–Crippen MR) is 77.3 cm³/mol. The normalized spacial score (nSPS) is 10.2. The summed E-state index contributed by atoms with van der Waals surface area (Å²) in [5.74, 6) is 0. The van der Waals surface area contributed by atoms with Crippen LogP contribution in [0.5, 0.6) is 0 Å². The highest BCUT2D eigenvalue weighted by atomic mass is 35.5. The first-order valence-electron chi connectivity index (χ1n) is 5.24. The SMILES string of the molecule is Nc1cccc(Nc2cc(Cl)ccc2Cl)c1[N+](=O)[O-]. The summed E-state index contributed by atoms with van der Waals surface area (Å²) in [6.07, 6.45) is 0. The molecule has 7 heteroatoms. The van der Waals surface area contributed by atoms with Crippen LogP contribution < -0.4 is 11.1 Å². The van der Waals surface area contributed by atoms with E-state index in [1.165, 1.54) is 6.07 Å². The van der Waals surface area contributed by atoms with Gasteiger partial charge in [0.05, 0.1) is 15.6 Å². The van der Waals surface area contributed by atoms with Crippen molar-refractivity contribution in [2.24, 2.45) is 0 Å². The van der Waals surface area contributed by atoms with Crippen LogP contribution in [-0.4, -0.2) is 4.92 Å². The molecule has 0 saturated heterocycles. The minimum absolute atomic E-state index is 0.0770. The Morgan fingerprint density at radius 3 is 2.58 bits per heavy atom. The molecule has 3 N–H and O–H groups in total. The molecule has 0 atom stereocenters. The zero-order valence-corrected chi connectivity index (χ0v) is 11.1. The number of nitrogen functional groups attached to an aromatic ring is 1. The van der Waals surface area contributed by atoms with Crippen molar-refractivity contribution in [1.82, 2.24) is 0 Å². The highest BCUT2D eigenvalue weighted by molar-refractivity contribution is 6.35. The molecule has 0 saturated carbocycles. The summed E-state index contributed by atoms with van der Waals surface area (Å²) >= 11 is 11.9. The summed E-state index contributed by atoms with van der Waals surface area (Å²) < 4.78 is 0. The van der Waals surface area contributed by atoms with Crippen LogP contribution in [0.4, 0.5) is 22.7 Å². The summed E-state index contributed by atoms with van der Waals surface area (Å²) in [5.41, 5.74) is 6.22. The number of anilines is 3. The van der Waals surface area contributed by atoms with Gasteiger partial charge in [0.2, 0.25) is 0 Å².